The molecule has 1 atom stereocenters. The monoisotopic (exact) mass is 352 g/mol. The van der Waals surface area contributed by atoms with Crippen molar-refractivity contribution >= 4 is 32.5 Å². The largest absolute Gasteiger partial charge is 0.768 e. The van der Waals surface area contributed by atoms with E-state index in [-0.39, 0.29) is 0 Å². The van der Waals surface area contributed by atoms with Crippen LogP contribution in [-0.4, -0.2) is 70.6 Å². The summed E-state index contributed by atoms with van der Waals surface area (Å²) >= 11 is -0.865. The molecule has 23 heavy (non-hydrogen) atoms. The Balaban J connectivity index is 1.40. The number of piperazine rings is 3. The topological polar surface area (TPSA) is 52.6 Å². The van der Waals surface area contributed by atoms with Gasteiger partial charge in [0.05, 0.1) is 23.8 Å². The molecule has 0 radical (unpaired) electrons. The Labute approximate surface area is 142 Å². The Morgan fingerprint density at radius 3 is 2.65 bits per heavy atom. The van der Waals surface area contributed by atoms with Gasteiger partial charge in [-0.25, -0.2) is 0 Å². The minimum atomic E-state index is -2.16. The number of rotatable bonds is 5. The lowest BCUT2D eigenvalue weighted by Crippen LogP contribution is -2.68. The predicted molar refractivity (Wildman–Crippen MR) is 90.7 cm³/mol. The molecule has 2 aromatic rings. The average Bonchev–Trinajstić information content (AvgIpc) is 3.00. The van der Waals surface area contributed by atoms with Crippen molar-refractivity contribution in [2.24, 2.45) is 0 Å². The van der Waals surface area contributed by atoms with E-state index < -0.39 is 11.1 Å². The van der Waals surface area contributed by atoms with Crippen molar-refractivity contribution < 1.29 is 18.0 Å². The summed E-state index contributed by atoms with van der Waals surface area (Å²) in [5.41, 5.74) is 0. The highest BCUT2D eigenvalue weighted by Crippen LogP contribution is 2.30. The summed E-state index contributed by atoms with van der Waals surface area (Å²) in [6.45, 7) is 9.16. The second kappa shape index (κ2) is 6.14. The first-order valence-corrected chi connectivity index (χ1v) is 9.86. The second-order valence-corrected chi connectivity index (χ2v) is 8.68. The van der Waals surface area contributed by atoms with E-state index in [0.29, 0.717) is 4.21 Å². The zero-order valence-electron chi connectivity index (χ0n) is 12.9. The molecule has 5 rings (SSSR count). The molecule has 1 aromatic heterocycles. The maximum atomic E-state index is 11.0. The number of fused-ring (bicyclic) bond motifs is 4. The molecule has 0 spiro atoms. The first kappa shape index (κ1) is 15.5. The molecular formula is C16H20N2O3S2. The zero-order chi connectivity index (χ0) is 15.9. The molecule has 0 amide bonds. The van der Waals surface area contributed by atoms with Crippen LogP contribution < -0.4 is 4.74 Å². The van der Waals surface area contributed by atoms with E-state index in [1.54, 1.807) is 6.07 Å². The third-order valence-corrected chi connectivity index (χ3v) is 7.15. The fourth-order valence-electron chi connectivity index (χ4n) is 3.59. The van der Waals surface area contributed by atoms with E-state index in [9.17, 15) is 8.76 Å². The molecule has 3 aliphatic heterocycles. The van der Waals surface area contributed by atoms with Crippen LogP contribution in [-0.2, 0) is 11.1 Å². The highest BCUT2D eigenvalue weighted by atomic mass is 32.2. The highest BCUT2D eigenvalue weighted by molar-refractivity contribution is 7.82. The van der Waals surface area contributed by atoms with Gasteiger partial charge in [0.2, 0.25) is 0 Å². The van der Waals surface area contributed by atoms with Gasteiger partial charge in [0.25, 0.3) is 0 Å². The van der Waals surface area contributed by atoms with Crippen LogP contribution in [0.3, 0.4) is 0 Å². The number of hydrogen-bond acceptors (Lipinski definition) is 5. The highest BCUT2D eigenvalue weighted by Gasteiger charge is 2.37. The van der Waals surface area contributed by atoms with Crippen molar-refractivity contribution in [2.45, 2.75) is 4.21 Å². The van der Waals surface area contributed by atoms with Gasteiger partial charge in [0.15, 0.2) is 0 Å². The van der Waals surface area contributed by atoms with E-state index in [0.717, 1.165) is 29.0 Å². The van der Waals surface area contributed by atoms with Crippen molar-refractivity contribution in [1.82, 2.24) is 4.90 Å². The summed E-state index contributed by atoms with van der Waals surface area (Å²) < 4.78 is 30.6. The maximum absolute atomic E-state index is 11.0. The number of hydrogen-bond donors (Lipinski definition) is 0. The van der Waals surface area contributed by atoms with Gasteiger partial charge in [-0.2, -0.15) is 0 Å². The standard InChI is InChI=1S/C16H20N2O3S2/c19-23(20)16-12-13-11-14(1-2-15(13)22-16)21-10-9-18-6-3-17(4-7-18)5-8-18/h1-2,11-12H,3-10H2. The zero-order valence-corrected chi connectivity index (χ0v) is 14.5. The fourth-order valence-corrected chi connectivity index (χ4v) is 5.13. The lowest BCUT2D eigenvalue weighted by atomic mass is 10.1. The summed E-state index contributed by atoms with van der Waals surface area (Å²) in [6.07, 6.45) is 0. The molecule has 0 saturated carbocycles. The molecule has 4 heterocycles. The van der Waals surface area contributed by atoms with Crippen molar-refractivity contribution in [2.75, 3.05) is 52.4 Å². The molecule has 2 bridgehead atoms. The molecule has 124 valence electrons. The molecule has 1 aromatic carbocycles. The van der Waals surface area contributed by atoms with E-state index in [2.05, 4.69) is 4.90 Å². The van der Waals surface area contributed by atoms with E-state index in [4.69, 9.17) is 4.74 Å². The van der Waals surface area contributed by atoms with Crippen molar-refractivity contribution in [3.8, 4) is 5.75 Å². The van der Waals surface area contributed by atoms with Crippen LogP contribution in [0.1, 0.15) is 0 Å². The third-order valence-electron chi connectivity index (χ3n) is 5.14. The summed E-state index contributed by atoms with van der Waals surface area (Å²) in [6, 6.07) is 7.53. The Kier molecular flexibility index (Phi) is 4.15. The van der Waals surface area contributed by atoms with Crippen LogP contribution in [0.2, 0.25) is 0 Å². The van der Waals surface area contributed by atoms with Gasteiger partial charge in [-0.3, -0.25) is 9.11 Å². The van der Waals surface area contributed by atoms with E-state index in [1.165, 1.54) is 55.1 Å². The number of benzene rings is 1. The Hall–Kier alpha value is -0.990. The number of quaternary nitrogens is 1. The first-order valence-electron chi connectivity index (χ1n) is 7.97. The molecule has 3 saturated heterocycles. The normalized spacial score (nSPS) is 28.1. The summed E-state index contributed by atoms with van der Waals surface area (Å²) in [7, 11) is 0. The molecule has 5 nitrogen and oxygen atoms in total. The van der Waals surface area contributed by atoms with Crippen LogP contribution in [0, 0.1) is 0 Å². The Morgan fingerprint density at radius 2 is 1.96 bits per heavy atom. The van der Waals surface area contributed by atoms with Crippen molar-refractivity contribution in [3.05, 3.63) is 24.3 Å². The van der Waals surface area contributed by atoms with Crippen LogP contribution in [0.4, 0.5) is 0 Å². The molecule has 0 N–H and O–H groups in total. The van der Waals surface area contributed by atoms with Crippen molar-refractivity contribution in [1.29, 1.82) is 0 Å². The summed E-state index contributed by atoms with van der Waals surface area (Å²) in [5, 5.41) is 0.935. The summed E-state index contributed by atoms with van der Waals surface area (Å²) in [5.74, 6) is 0.826. The Bertz CT molecular complexity index is 724. The van der Waals surface area contributed by atoms with Gasteiger partial charge < -0.3 is 13.8 Å². The average molecular weight is 352 g/mol. The lowest BCUT2D eigenvalue weighted by molar-refractivity contribution is -0.940. The first-order chi connectivity index (χ1) is 11.1. The number of nitrogens with zero attached hydrogens (tertiary/aromatic N) is 2. The predicted octanol–water partition coefficient (Wildman–Crippen LogP) is 1.66. The number of thiophene rings is 1. The second-order valence-electron chi connectivity index (χ2n) is 6.43. The van der Waals surface area contributed by atoms with Crippen LogP contribution >= 0.6 is 11.3 Å². The van der Waals surface area contributed by atoms with Crippen LogP contribution in [0.5, 0.6) is 5.75 Å². The maximum Gasteiger partial charge on any atom is 0.137 e. The van der Waals surface area contributed by atoms with E-state index >= 15 is 0 Å². The summed E-state index contributed by atoms with van der Waals surface area (Å²) in [4.78, 5) is 2.54. The van der Waals surface area contributed by atoms with Crippen LogP contribution in [0.25, 0.3) is 10.1 Å². The minimum Gasteiger partial charge on any atom is -0.768 e. The van der Waals surface area contributed by atoms with Crippen molar-refractivity contribution in [3.63, 3.8) is 0 Å². The van der Waals surface area contributed by atoms with Gasteiger partial charge in [-0.05, 0) is 40.7 Å². The van der Waals surface area contributed by atoms with Gasteiger partial charge in [0, 0.05) is 24.3 Å². The Morgan fingerprint density at radius 1 is 1.22 bits per heavy atom. The van der Waals surface area contributed by atoms with E-state index in [1.807, 2.05) is 18.2 Å². The molecule has 1 unspecified atom stereocenters. The van der Waals surface area contributed by atoms with Gasteiger partial charge >= 0.3 is 0 Å². The lowest BCUT2D eigenvalue weighted by Gasteiger charge is -2.50. The molecular weight excluding hydrogens is 332 g/mol. The molecule has 3 fully saturated rings. The third kappa shape index (κ3) is 3.16. The SMILES string of the molecule is O=S([O-])c1cc2cc(OCC[N+]34CCN(CC3)CC4)ccc2s1. The number of ether oxygens (including phenoxy) is 1. The fraction of sp³-hybridized carbons (Fsp3) is 0.500. The van der Waals surface area contributed by atoms with Crippen LogP contribution in [0.15, 0.2) is 28.5 Å². The smallest absolute Gasteiger partial charge is 0.137 e. The van der Waals surface area contributed by atoms with Gasteiger partial charge in [0.1, 0.15) is 18.9 Å². The molecule has 3 aliphatic rings. The minimum absolute atomic E-state index is 0.377. The molecule has 0 aliphatic carbocycles. The van der Waals surface area contributed by atoms with Gasteiger partial charge in [-0.1, -0.05) is 0 Å². The molecule has 7 heteroatoms. The quantitative estimate of drug-likeness (QED) is 0.607. The van der Waals surface area contributed by atoms with Gasteiger partial charge in [-0.15, -0.1) is 11.3 Å².